The number of fused-ring (bicyclic) bond motifs is 1. The van der Waals surface area contributed by atoms with Crippen molar-refractivity contribution in [2.75, 3.05) is 24.5 Å². The summed E-state index contributed by atoms with van der Waals surface area (Å²) in [5.74, 6) is 0. The minimum Gasteiger partial charge on any atom is -0.370 e. The molecule has 2 aromatic carbocycles. The van der Waals surface area contributed by atoms with Crippen LogP contribution < -0.4 is 10.2 Å². The molecular formula is C19H26N2. The summed E-state index contributed by atoms with van der Waals surface area (Å²) in [6.45, 7) is 8.00. The van der Waals surface area contributed by atoms with Crippen LogP contribution in [0.25, 0.3) is 10.8 Å². The van der Waals surface area contributed by atoms with Gasteiger partial charge in [0.15, 0.2) is 0 Å². The first kappa shape index (κ1) is 14.4. The van der Waals surface area contributed by atoms with Gasteiger partial charge in [0.1, 0.15) is 0 Å². The maximum Gasteiger partial charge on any atom is 0.0373 e. The molecule has 0 aromatic heterocycles. The molecule has 112 valence electrons. The van der Waals surface area contributed by atoms with Crippen molar-refractivity contribution < 1.29 is 0 Å². The Labute approximate surface area is 128 Å². The van der Waals surface area contributed by atoms with E-state index in [1.165, 1.54) is 35.7 Å². The number of nitrogens with zero attached hydrogens (tertiary/aromatic N) is 1. The maximum atomic E-state index is 3.79. The molecule has 0 unspecified atom stereocenters. The van der Waals surface area contributed by atoms with E-state index >= 15 is 0 Å². The van der Waals surface area contributed by atoms with Gasteiger partial charge in [-0.25, -0.2) is 0 Å². The topological polar surface area (TPSA) is 15.3 Å². The van der Waals surface area contributed by atoms with Crippen LogP contribution in [0.5, 0.6) is 0 Å². The van der Waals surface area contributed by atoms with Crippen molar-refractivity contribution in [1.29, 1.82) is 0 Å². The first-order valence-corrected chi connectivity index (χ1v) is 8.25. The molecule has 3 rings (SSSR count). The van der Waals surface area contributed by atoms with Gasteiger partial charge in [-0.2, -0.15) is 0 Å². The van der Waals surface area contributed by atoms with Gasteiger partial charge in [0.2, 0.25) is 0 Å². The Bertz CT molecular complexity index is 601. The van der Waals surface area contributed by atoms with Gasteiger partial charge in [-0.05, 0) is 48.7 Å². The van der Waals surface area contributed by atoms with Crippen LogP contribution in [-0.2, 0) is 0 Å². The van der Waals surface area contributed by atoms with Gasteiger partial charge in [0.05, 0.1) is 0 Å². The second-order valence-corrected chi connectivity index (χ2v) is 6.22. The molecule has 2 nitrogen and oxygen atoms in total. The molecule has 0 spiro atoms. The standard InChI is InChI=1S/C19H26N2/c1-3-19(4-2)15-21(13-7-12-20-19)18-11-10-16-8-5-6-9-17(16)14-18/h5-6,8-11,14,20H,3-4,7,12-13,15H2,1-2H3. The number of rotatable bonds is 3. The number of nitrogens with one attached hydrogen (secondary N) is 1. The fraction of sp³-hybridized carbons (Fsp3) is 0.474. The van der Waals surface area contributed by atoms with Crippen LogP contribution in [0, 0.1) is 0 Å². The van der Waals surface area contributed by atoms with Crippen LogP contribution in [0.3, 0.4) is 0 Å². The second kappa shape index (κ2) is 6.07. The van der Waals surface area contributed by atoms with E-state index in [-0.39, 0.29) is 5.54 Å². The maximum absolute atomic E-state index is 3.79. The number of hydrogen-bond acceptors (Lipinski definition) is 2. The quantitative estimate of drug-likeness (QED) is 0.907. The Balaban J connectivity index is 1.92. The third-order valence-electron chi connectivity index (χ3n) is 5.05. The monoisotopic (exact) mass is 282 g/mol. The zero-order chi connectivity index (χ0) is 14.7. The van der Waals surface area contributed by atoms with Gasteiger partial charge in [0.25, 0.3) is 0 Å². The van der Waals surface area contributed by atoms with Crippen LogP contribution in [0.2, 0.25) is 0 Å². The van der Waals surface area contributed by atoms with Gasteiger partial charge in [-0.15, -0.1) is 0 Å². The van der Waals surface area contributed by atoms with Crippen molar-refractivity contribution in [2.24, 2.45) is 0 Å². The van der Waals surface area contributed by atoms with Crippen molar-refractivity contribution >= 4 is 16.5 Å². The van der Waals surface area contributed by atoms with Crippen molar-refractivity contribution in [3.8, 4) is 0 Å². The highest BCUT2D eigenvalue weighted by Gasteiger charge is 2.30. The van der Waals surface area contributed by atoms with E-state index in [4.69, 9.17) is 0 Å². The molecule has 1 heterocycles. The molecule has 0 bridgehead atoms. The van der Waals surface area contributed by atoms with E-state index in [2.05, 4.69) is 66.5 Å². The summed E-state index contributed by atoms with van der Waals surface area (Å²) in [4.78, 5) is 2.57. The Morgan fingerprint density at radius 1 is 1.05 bits per heavy atom. The van der Waals surface area contributed by atoms with Crippen LogP contribution in [0.4, 0.5) is 5.69 Å². The average molecular weight is 282 g/mol. The lowest BCUT2D eigenvalue weighted by Gasteiger charge is -2.36. The number of hydrogen-bond donors (Lipinski definition) is 1. The average Bonchev–Trinajstić information content (AvgIpc) is 2.77. The molecule has 1 saturated heterocycles. The highest BCUT2D eigenvalue weighted by molar-refractivity contribution is 5.85. The third-order valence-corrected chi connectivity index (χ3v) is 5.05. The molecule has 0 aliphatic carbocycles. The lowest BCUT2D eigenvalue weighted by atomic mass is 9.92. The number of anilines is 1. The Morgan fingerprint density at radius 2 is 1.81 bits per heavy atom. The SMILES string of the molecule is CCC1(CC)CN(c2ccc3ccccc3c2)CCCN1. The molecule has 1 aliphatic rings. The molecule has 21 heavy (non-hydrogen) atoms. The molecule has 0 radical (unpaired) electrons. The van der Waals surface area contributed by atoms with Crippen LogP contribution in [-0.4, -0.2) is 25.2 Å². The molecule has 1 N–H and O–H groups in total. The molecule has 2 heteroatoms. The molecular weight excluding hydrogens is 256 g/mol. The van der Waals surface area contributed by atoms with Crippen LogP contribution >= 0.6 is 0 Å². The van der Waals surface area contributed by atoms with E-state index in [1.807, 2.05) is 0 Å². The number of benzene rings is 2. The minimum absolute atomic E-state index is 0.266. The first-order chi connectivity index (χ1) is 10.3. The van der Waals surface area contributed by atoms with Crippen molar-refractivity contribution in [3.05, 3.63) is 42.5 Å². The highest BCUT2D eigenvalue weighted by Crippen LogP contribution is 2.27. The fourth-order valence-corrected chi connectivity index (χ4v) is 3.44. The largest absolute Gasteiger partial charge is 0.370 e. The minimum atomic E-state index is 0.266. The van der Waals surface area contributed by atoms with E-state index in [1.54, 1.807) is 0 Å². The summed E-state index contributed by atoms with van der Waals surface area (Å²) in [6.07, 6.45) is 3.59. The molecule has 1 aliphatic heterocycles. The Kier molecular flexibility index (Phi) is 4.16. The van der Waals surface area contributed by atoms with Gasteiger partial charge in [-0.1, -0.05) is 44.2 Å². The summed E-state index contributed by atoms with van der Waals surface area (Å²) in [5.41, 5.74) is 1.63. The summed E-state index contributed by atoms with van der Waals surface area (Å²) in [7, 11) is 0. The lowest BCUT2D eigenvalue weighted by Crippen LogP contribution is -2.50. The smallest absolute Gasteiger partial charge is 0.0373 e. The zero-order valence-electron chi connectivity index (χ0n) is 13.2. The Morgan fingerprint density at radius 3 is 2.57 bits per heavy atom. The predicted octanol–water partition coefficient (Wildman–Crippen LogP) is 4.20. The van der Waals surface area contributed by atoms with Gasteiger partial charge in [0, 0.05) is 24.3 Å². The van der Waals surface area contributed by atoms with Crippen LogP contribution in [0.1, 0.15) is 33.1 Å². The van der Waals surface area contributed by atoms with Crippen LogP contribution in [0.15, 0.2) is 42.5 Å². The van der Waals surface area contributed by atoms with Crippen molar-refractivity contribution in [2.45, 2.75) is 38.6 Å². The lowest BCUT2D eigenvalue weighted by molar-refractivity contribution is 0.321. The van der Waals surface area contributed by atoms with Crippen molar-refractivity contribution in [1.82, 2.24) is 5.32 Å². The fourth-order valence-electron chi connectivity index (χ4n) is 3.44. The third kappa shape index (κ3) is 2.91. The first-order valence-electron chi connectivity index (χ1n) is 8.25. The molecule has 0 amide bonds. The second-order valence-electron chi connectivity index (χ2n) is 6.22. The highest BCUT2D eigenvalue weighted by atomic mass is 15.2. The van der Waals surface area contributed by atoms with Crippen molar-refractivity contribution in [3.63, 3.8) is 0 Å². The van der Waals surface area contributed by atoms with E-state index in [0.29, 0.717) is 0 Å². The molecule has 1 fully saturated rings. The molecule has 0 saturated carbocycles. The van der Waals surface area contributed by atoms with Gasteiger partial charge < -0.3 is 10.2 Å². The van der Waals surface area contributed by atoms with E-state index in [9.17, 15) is 0 Å². The predicted molar refractivity (Wildman–Crippen MR) is 92.1 cm³/mol. The van der Waals surface area contributed by atoms with E-state index < -0.39 is 0 Å². The van der Waals surface area contributed by atoms with Gasteiger partial charge in [-0.3, -0.25) is 0 Å². The molecule has 2 aromatic rings. The summed E-state index contributed by atoms with van der Waals surface area (Å²) in [6, 6.07) is 15.5. The zero-order valence-corrected chi connectivity index (χ0v) is 13.2. The van der Waals surface area contributed by atoms with E-state index in [0.717, 1.165) is 19.6 Å². The van der Waals surface area contributed by atoms with Gasteiger partial charge >= 0.3 is 0 Å². The molecule has 0 atom stereocenters. The summed E-state index contributed by atoms with van der Waals surface area (Å²) < 4.78 is 0. The summed E-state index contributed by atoms with van der Waals surface area (Å²) in [5, 5.41) is 6.45. The Hall–Kier alpha value is -1.54. The summed E-state index contributed by atoms with van der Waals surface area (Å²) >= 11 is 0. The normalized spacial score (nSPS) is 18.7.